The maximum atomic E-state index is 12.1. The van der Waals surface area contributed by atoms with Gasteiger partial charge in [0.15, 0.2) is 0 Å². The highest BCUT2D eigenvalue weighted by Gasteiger charge is 2.14. The zero-order chi connectivity index (χ0) is 15.6. The molecule has 7 heteroatoms. The van der Waals surface area contributed by atoms with Crippen LogP contribution in [0.3, 0.4) is 0 Å². The maximum absolute atomic E-state index is 12.1. The van der Waals surface area contributed by atoms with Crippen molar-refractivity contribution in [3.05, 3.63) is 44.9 Å². The van der Waals surface area contributed by atoms with Gasteiger partial charge in [0.05, 0.1) is 11.6 Å². The molecule has 0 bridgehead atoms. The fourth-order valence-electron chi connectivity index (χ4n) is 2.09. The zero-order valence-corrected chi connectivity index (χ0v) is 13.4. The topological polar surface area (TPSA) is 74.9 Å². The van der Waals surface area contributed by atoms with E-state index in [1.165, 1.54) is 10.5 Å². The number of hydrogen-bond donors (Lipinski definition) is 1. The zero-order valence-electron chi connectivity index (χ0n) is 11.8. The number of aromatic nitrogens is 2. The molecule has 0 saturated carbocycles. The van der Waals surface area contributed by atoms with E-state index in [9.17, 15) is 9.59 Å². The lowest BCUT2D eigenvalue weighted by Crippen LogP contribution is -2.29. The summed E-state index contributed by atoms with van der Waals surface area (Å²) in [6.07, 6.45) is 1.67. The predicted octanol–water partition coefficient (Wildman–Crippen LogP) is 1.61. The van der Waals surface area contributed by atoms with Crippen LogP contribution in [0.2, 0.25) is 0 Å². The molecule has 0 fully saturated rings. The number of rotatable bonds is 5. The molecule has 0 aliphatic heterocycles. The monoisotopic (exact) mass is 353 g/mol. The van der Waals surface area contributed by atoms with E-state index in [0.29, 0.717) is 24.4 Å². The van der Waals surface area contributed by atoms with Gasteiger partial charge in [0, 0.05) is 29.8 Å². The van der Waals surface area contributed by atoms with Crippen LogP contribution in [-0.2, 0) is 11.3 Å². The molecule has 112 valence electrons. The van der Waals surface area contributed by atoms with Crippen molar-refractivity contribution in [3.63, 3.8) is 0 Å². The number of nitrogens with zero attached hydrogens (tertiary/aromatic N) is 3. The molecule has 0 saturated heterocycles. The Morgan fingerprint density at radius 2 is 2.24 bits per heavy atom. The third-order valence-corrected chi connectivity index (χ3v) is 3.58. The van der Waals surface area contributed by atoms with Crippen molar-refractivity contribution < 1.29 is 9.90 Å². The lowest BCUT2D eigenvalue weighted by atomic mass is 10.2. The van der Waals surface area contributed by atoms with Gasteiger partial charge < -0.3 is 5.11 Å². The van der Waals surface area contributed by atoms with Crippen LogP contribution in [0.1, 0.15) is 12.6 Å². The van der Waals surface area contributed by atoms with Gasteiger partial charge in [-0.05, 0) is 35.1 Å². The van der Waals surface area contributed by atoms with E-state index in [4.69, 9.17) is 5.11 Å². The summed E-state index contributed by atoms with van der Waals surface area (Å²) >= 11 is 3.31. The molecule has 0 amide bonds. The van der Waals surface area contributed by atoms with Crippen molar-refractivity contribution in [2.45, 2.75) is 13.5 Å². The quantitative estimate of drug-likeness (QED) is 0.883. The van der Waals surface area contributed by atoms with Gasteiger partial charge in [-0.3, -0.25) is 18.9 Å². The largest absolute Gasteiger partial charge is 0.481 e. The molecule has 0 aliphatic rings. The molecule has 1 atom stereocenters. The summed E-state index contributed by atoms with van der Waals surface area (Å²) < 4.78 is 2.27. The molecule has 0 aliphatic carbocycles. The normalized spacial score (nSPS) is 12.8. The van der Waals surface area contributed by atoms with E-state index in [-0.39, 0.29) is 5.56 Å². The highest BCUT2D eigenvalue weighted by molar-refractivity contribution is 9.10. The van der Waals surface area contributed by atoms with Gasteiger partial charge in [-0.1, -0.05) is 6.92 Å². The van der Waals surface area contributed by atoms with Gasteiger partial charge >= 0.3 is 5.97 Å². The van der Waals surface area contributed by atoms with Gasteiger partial charge in [0.2, 0.25) is 0 Å². The first kappa shape index (κ1) is 15.7. The molecule has 0 spiro atoms. The Balaban J connectivity index is 2.21. The molecule has 2 aromatic heterocycles. The molecule has 1 N–H and O–H groups in total. The smallest absolute Gasteiger partial charge is 0.307 e. The van der Waals surface area contributed by atoms with E-state index in [0.717, 1.165) is 4.47 Å². The average Bonchev–Trinajstić information content (AvgIpc) is 2.39. The van der Waals surface area contributed by atoms with Gasteiger partial charge in [-0.15, -0.1) is 0 Å². The van der Waals surface area contributed by atoms with Crippen molar-refractivity contribution in [3.8, 4) is 0 Å². The standard InChI is InChI=1S/C14H16BrN3O3/c1-9(14(20)21)6-17(2)8-11-5-13(19)18-7-10(15)3-4-12(18)16-11/h3-5,7,9H,6,8H2,1-2H3,(H,20,21). The fraction of sp³-hybridized carbons (Fsp3) is 0.357. The summed E-state index contributed by atoms with van der Waals surface area (Å²) in [5.74, 6) is -1.30. The minimum Gasteiger partial charge on any atom is -0.481 e. The van der Waals surface area contributed by atoms with Gasteiger partial charge in [0.1, 0.15) is 5.65 Å². The Hall–Kier alpha value is -1.73. The van der Waals surface area contributed by atoms with Crippen LogP contribution in [0.5, 0.6) is 0 Å². The number of pyridine rings is 1. The number of halogens is 1. The van der Waals surface area contributed by atoms with E-state index in [1.54, 1.807) is 19.2 Å². The van der Waals surface area contributed by atoms with E-state index >= 15 is 0 Å². The Labute approximate surface area is 130 Å². The van der Waals surface area contributed by atoms with Crippen LogP contribution >= 0.6 is 15.9 Å². The van der Waals surface area contributed by atoms with Crippen LogP contribution in [0, 0.1) is 5.92 Å². The lowest BCUT2D eigenvalue weighted by molar-refractivity contribution is -0.141. The lowest BCUT2D eigenvalue weighted by Gasteiger charge is -2.18. The van der Waals surface area contributed by atoms with Gasteiger partial charge in [-0.25, -0.2) is 4.98 Å². The Morgan fingerprint density at radius 1 is 1.52 bits per heavy atom. The Kier molecular flexibility index (Phi) is 4.74. The molecule has 6 nitrogen and oxygen atoms in total. The number of fused-ring (bicyclic) bond motifs is 1. The summed E-state index contributed by atoms with van der Waals surface area (Å²) in [4.78, 5) is 29.2. The SMILES string of the molecule is CC(CN(C)Cc1cc(=O)n2cc(Br)ccc2n1)C(=O)O. The average molecular weight is 354 g/mol. The highest BCUT2D eigenvalue weighted by atomic mass is 79.9. The summed E-state index contributed by atoms with van der Waals surface area (Å²) in [5.41, 5.74) is 1.04. The Bertz CT molecular complexity index is 729. The highest BCUT2D eigenvalue weighted by Crippen LogP contribution is 2.10. The van der Waals surface area contributed by atoms with Gasteiger partial charge in [-0.2, -0.15) is 0 Å². The molecule has 1 unspecified atom stereocenters. The third-order valence-electron chi connectivity index (χ3n) is 3.12. The Morgan fingerprint density at radius 3 is 2.90 bits per heavy atom. The van der Waals surface area contributed by atoms with E-state index < -0.39 is 11.9 Å². The first-order chi connectivity index (χ1) is 9.86. The number of aliphatic carboxylic acids is 1. The first-order valence-corrected chi connectivity index (χ1v) is 7.25. The van der Waals surface area contributed by atoms with Crippen molar-refractivity contribution in [1.29, 1.82) is 0 Å². The predicted molar refractivity (Wildman–Crippen MR) is 82.3 cm³/mol. The van der Waals surface area contributed by atoms with Crippen molar-refractivity contribution in [2.75, 3.05) is 13.6 Å². The minimum absolute atomic E-state index is 0.156. The number of carboxylic acids is 1. The first-order valence-electron chi connectivity index (χ1n) is 6.46. The van der Waals surface area contributed by atoms with Crippen molar-refractivity contribution >= 4 is 27.5 Å². The van der Waals surface area contributed by atoms with Crippen molar-refractivity contribution in [1.82, 2.24) is 14.3 Å². The second-order valence-corrected chi connectivity index (χ2v) is 6.01. The van der Waals surface area contributed by atoms with Crippen LogP contribution in [-0.4, -0.2) is 39.0 Å². The van der Waals surface area contributed by atoms with E-state index in [2.05, 4.69) is 20.9 Å². The van der Waals surface area contributed by atoms with Crippen molar-refractivity contribution in [2.24, 2.45) is 5.92 Å². The van der Waals surface area contributed by atoms with Crippen LogP contribution in [0.4, 0.5) is 0 Å². The minimum atomic E-state index is -0.835. The molecule has 2 aromatic rings. The van der Waals surface area contributed by atoms with E-state index in [1.807, 2.05) is 18.0 Å². The van der Waals surface area contributed by atoms with Gasteiger partial charge in [0.25, 0.3) is 5.56 Å². The molecular formula is C14H16BrN3O3. The second kappa shape index (κ2) is 6.36. The van der Waals surface area contributed by atoms with Crippen LogP contribution < -0.4 is 5.56 Å². The summed E-state index contributed by atoms with van der Waals surface area (Å²) in [7, 11) is 1.81. The second-order valence-electron chi connectivity index (χ2n) is 5.10. The van der Waals surface area contributed by atoms with Crippen LogP contribution in [0.15, 0.2) is 33.7 Å². The maximum Gasteiger partial charge on any atom is 0.307 e. The number of hydrogen-bond acceptors (Lipinski definition) is 4. The summed E-state index contributed by atoms with van der Waals surface area (Å²) in [6.45, 7) is 2.48. The van der Waals surface area contributed by atoms with Crippen LogP contribution in [0.25, 0.3) is 5.65 Å². The molecular weight excluding hydrogens is 338 g/mol. The fourth-order valence-corrected chi connectivity index (χ4v) is 2.43. The molecule has 21 heavy (non-hydrogen) atoms. The number of carbonyl (C=O) groups is 1. The third kappa shape index (κ3) is 3.89. The summed E-state index contributed by atoms with van der Waals surface area (Å²) in [5, 5.41) is 8.91. The number of carboxylic acid groups (broad SMARTS) is 1. The molecule has 0 aromatic carbocycles. The molecule has 2 rings (SSSR count). The molecule has 0 radical (unpaired) electrons. The summed E-state index contributed by atoms with van der Waals surface area (Å²) in [6, 6.07) is 5.05. The molecule has 2 heterocycles.